The number of nitrogens with two attached hydrogens (primary N) is 1. The van der Waals surface area contributed by atoms with Crippen LogP contribution in [-0.2, 0) is 16.3 Å². The Kier molecular flexibility index (Phi) is 4.41. The van der Waals surface area contributed by atoms with Crippen LogP contribution in [0.4, 0.5) is 0 Å². The van der Waals surface area contributed by atoms with Gasteiger partial charge in [0.05, 0.1) is 16.9 Å². The number of sulfone groups is 1. The summed E-state index contributed by atoms with van der Waals surface area (Å²) >= 11 is 0. The van der Waals surface area contributed by atoms with E-state index in [1.54, 1.807) is 30.3 Å². The lowest BCUT2D eigenvalue weighted by atomic mass is 9.83. The molecule has 1 aliphatic carbocycles. The van der Waals surface area contributed by atoms with Gasteiger partial charge in [-0.3, -0.25) is 0 Å². The number of hydrogen-bond donors (Lipinski definition) is 1. The minimum absolute atomic E-state index is 0.253. The number of ether oxygens (including phenoxy) is 1. The smallest absolute Gasteiger partial charge is 0.206 e. The van der Waals surface area contributed by atoms with Crippen molar-refractivity contribution in [3.8, 4) is 5.75 Å². The third-order valence-corrected chi connectivity index (χ3v) is 6.25. The van der Waals surface area contributed by atoms with E-state index < -0.39 is 9.84 Å². The predicted octanol–water partition coefficient (Wildman–Crippen LogP) is 2.91. The third kappa shape index (κ3) is 2.99. The molecule has 2 aromatic rings. The quantitative estimate of drug-likeness (QED) is 0.935. The molecule has 0 fully saturated rings. The van der Waals surface area contributed by atoms with E-state index in [1.807, 2.05) is 12.1 Å². The maximum Gasteiger partial charge on any atom is 0.206 e. The van der Waals surface area contributed by atoms with Gasteiger partial charge >= 0.3 is 0 Å². The van der Waals surface area contributed by atoms with Crippen molar-refractivity contribution in [2.45, 2.75) is 35.0 Å². The lowest BCUT2D eigenvalue weighted by Crippen LogP contribution is -2.18. The molecule has 0 heterocycles. The summed E-state index contributed by atoms with van der Waals surface area (Å²) in [6.07, 6.45) is 3.04. The zero-order valence-electron chi connectivity index (χ0n) is 13.2. The molecule has 122 valence electrons. The Balaban J connectivity index is 2.04. The second-order valence-corrected chi connectivity index (χ2v) is 7.82. The van der Waals surface area contributed by atoms with Gasteiger partial charge in [-0.25, -0.2) is 8.42 Å². The Labute approximate surface area is 137 Å². The Bertz CT molecular complexity index is 815. The van der Waals surface area contributed by atoms with Crippen molar-refractivity contribution in [1.82, 2.24) is 0 Å². The van der Waals surface area contributed by atoms with Crippen LogP contribution in [0.25, 0.3) is 0 Å². The van der Waals surface area contributed by atoms with E-state index in [9.17, 15) is 8.42 Å². The highest BCUT2D eigenvalue weighted by atomic mass is 32.2. The molecule has 0 spiro atoms. The Morgan fingerprint density at radius 2 is 1.96 bits per heavy atom. The molecule has 0 bridgehead atoms. The third-order valence-electron chi connectivity index (χ3n) is 4.50. The Morgan fingerprint density at radius 3 is 2.70 bits per heavy atom. The summed E-state index contributed by atoms with van der Waals surface area (Å²) in [5.74, 6) is 0.875. The molecule has 0 saturated carbocycles. The number of methoxy groups -OCH3 is 1. The molecule has 1 atom stereocenters. The fraction of sp³-hybridized carbons (Fsp3) is 0.333. The van der Waals surface area contributed by atoms with Crippen molar-refractivity contribution in [3.63, 3.8) is 0 Å². The van der Waals surface area contributed by atoms with Crippen LogP contribution >= 0.6 is 0 Å². The molecular weight excluding hydrogens is 310 g/mol. The average molecular weight is 331 g/mol. The second-order valence-electron chi connectivity index (χ2n) is 5.87. The lowest BCUT2D eigenvalue weighted by Gasteiger charge is -2.24. The molecule has 3 rings (SSSR count). The largest absolute Gasteiger partial charge is 0.497 e. The molecule has 23 heavy (non-hydrogen) atoms. The SMILES string of the molecule is COc1cccc(S(=O)(=O)c2ccc3c(c2)CCC[C@H]3CN)c1. The summed E-state index contributed by atoms with van der Waals surface area (Å²) in [6, 6.07) is 12.0. The average Bonchev–Trinajstić information content (AvgIpc) is 2.60. The molecule has 0 unspecified atom stereocenters. The summed E-state index contributed by atoms with van der Waals surface area (Å²) in [6.45, 7) is 0.606. The van der Waals surface area contributed by atoms with E-state index in [1.165, 1.54) is 12.7 Å². The predicted molar refractivity (Wildman–Crippen MR) is 89.6 cm³/mol. The fourth-order valence-corrected chi connectivity index (χ4v) is 4.55. The first-order valence-electron chi connectivity index (χ1n) is 7.78. The molecule has 0 amide bonds. The van der Waals surface area contributed by atoms with E-state index in [2.05, 4.69) is 0 Å². The minimum Gasteiger partial charge on any atom is -0.497 e. The molecule has 0 aromatic heterocycles. The number of benzene rings is 2. The number of aryl methyl sites for hydroxylation is 1. The first-order chi connectivity index (χ1) is 11.1. The summed E-state index contributed by atoms with van der Waals surface area (Å²) in [4.78, 5) is 0.588. The Morgan fingerprint density at radius 1 is 1.17 bits per heavy atom. The minimum atomic E-state index is -3.54. The zero-order chi connectivity index (χ0) is 16.4. The van der Waals surface area contributed by atoms with Gasteiger partial charge < -0.3 is 10.5 Å². The summed E-state index contributed by atoms with van der Waals surface area (Å²) in [5, 5.41) is 0. The highest BCUT2D eigenvalue weighted by Gasteiger charge is 2.23. The first-order valence-corrected chi connectivity index (χ1v) is 9.26. The zero-order valence-corrected chi connectivity index (χ0v) is 14.0. The van der Waals surface area contributed by atoms with Gasteiger partial charge in [0.2, 0.25) is 9.84 Å². The molecule has 1 aliphatic rings. The molecule has 4 nitrogen and oxygen atoms in total. The van der Waals surface area contributed by atoms with Crippen molar-refractivity contribution in [1.29, 1.82) is 0 Å². The summed E-state index contributed by atoms with van der Waals surface area (Å²) < 4.78 is 30.8. The van der Waals surface area contributed by atoms with Gasteiger partial charge in [0, 0.05) is 0 Å². The van der Waals surface area contributed by atoms with E-state index in [4.69, 9.17) is 10.5 Å². The monoisotopic (exact) mass is 331 g/mol. The van der Waals surface area contributed by atoms with E-state index >= 15 is 0 Å². The van der Waals surface area contributed by atoms with Crippen molar-refractivity contribution in [2.24, 2.45) is 5.73 Å². The van der Waals surface area contributed by atoms with Gasteiger partial charge in [0.25, 0.3) is 0 Å². The van der Waals surface area contributed by atoms with Crippen LogP contribution < -0.4 is 10.5 Å². The van der Waals surface area contributed by atoms with Crippen molar-refractivity contribution >= 4 is 9.84 Å². The van der Waals surface area contributed by atoms with E-state index in [0.29, 0.717) is 23.1 Å². The van der Waals surface area contributed by atoms with Crippen molar-refractivity contribution < 1.29 is 13.2 Å². The van der Waals surface area contributed by atoms with Crippen LogP contribution in [0.2, 0.25) is 0 Å². The number of rotatable bonds is 4. The van der Waals surface area contributed by atoms with Gasteiger partial charge in [0.1, 0.15) is 5.75 Å². The second kappa shape index (κ2) is 6.34. The van der Waals surface area contributed by atoms with E-state index in [-0.39, 0.29) is 4.90 Å². The normalized spacial score (nSPS) is 17.6. The number of hydrogen-bond acceptors (Lipinski definition) is 4. The van der Waals surface area contributed by atoms with Gasteiger partial charge in [-0.1, -0.05) is 12.1 Å². The maximum absolute atomic E-state index is 12.9. The van der Waals surface area contributed by atoms with Crippen LogP contribution in [0.15, 0.2) is 52.3 Å². The summed E-state index contributed by atoms with van der Waals surface area (Å²) in [5.41, 5.74) is 8.14. The number of fused-ring (bicyclic) bond motifs is 1. The van der Waals surface area contributed by atoms with Crippen LogP contribution in [0.5, 0.6) is 5.75 Å². The molecule has 0 radical (unpaired) electrons. The van der Waals surface area contributed by atoms with Gasteiger partial charge in [0.15, 0.2) is 0 Å². The van der Waals surface area contributed by atoms with Crippen LogP contribution in [0, 0.1) is 0 Å². The standard InChI is InChI=1S/C18H21NO3S/c1-22-15-6-3-7-16(11-15)23(20,21)17-8-9-18-13(10-17)4-2-5-14(18)12-19/h3,6-11,14H,2,4-5,12,19H2,1H3/t14-/m0/s1. The van der Waals surface area contributed by atoms with E-state index in [0.717, 1.165) is 24.8 Å². The van der Waals surface area contributed by atoms with Crippen molar-refractivity contribution in [3.05, 3.63) is 53.6 Å². The first kappa shape index (κ1) is 16.0. The lowest BCUT2D eigenvalue weighted by molar-refractivity contribution is 0.413. The van der Waals surface area contributed by atoms with Gasteiger partial charge in [-0.05, 0) is 73.2 Å². The fourth-order valence-electron chi connectivity index (χ4n) is 3.21. The Hall–Kier alpha value is -1.85. The highest BCUT2D eigenvalue weighted by Crippen LogP contribution is 2.33. The molecule has 0 aliphatic heterocycles. The van der Waals surface area contributed by atoms with Gasteiger partial charge in [-0.15, -0.1) is 0 Å². The highest BCUT2D eigenvalue weighted by molar-refractivity contribution is 7.91. The van der Waals surface area contributed by atoms with Crippen molar-refractivity contribution in [2.75, 3.05) is 13.7 Å². The molecule has 2 aromatic carbocycles. The summed E-state index contributed by atoms with van der Waals surface area (Å²) in [7, 11) is -2.02. The molecule has 5 heteroatoms. The van der Waals surface area contributed by atoms with Crippen LogP contribution in [0.1, 0.15) is 29.9 Å². The molecule has 0 saturated heterocycles. The maximum atomic E-state index is 12.9. The topological polar surface area (TPSA) is 69.4 Å². The molecular formula is C18H21NO3S. The molecule has 2 N–H and O–H groups in total. The van der Waals surface area contributed by atoms with Gasteiger partial charge in [-0.2, -0.15) is 0 Å². The van der Waals surface area contributed by atoms with Crippen LogP contribution in [0.3, 0.4) is 0 Å². The van der Waals surface area contributed by atoms with Crippen LogP contribution in [-0.4, -0.2) is 22.1 Å².